The van der Waals surface area contributed by atoms with Crippen LogP contribution in [-0.4, -0.2) is 28.0 Å². The Morgan fingerprint density at radius 2 is 1.65 bits per heavy atom. The van der Waals surface area contributed by atoms with Crippen molar-refractivity contribution < 1.29 is 4.43 Å². The minimum absolute atomic E-state index is 0.893. The largest absolute Gasteiger partial charge is 0.416 e. The zero-order valence-corrected chi connectivity index (χ0v) is 18.6. The van der Waals surface area contributed by atoms with Gasteiger partial charge in [0.15, 0.2) is 8.32 Å². The minimum atomic E-state index is -1.49. The quantitative estimate of drug-likeness (QED) is 0.277. The molecular formula is C23H41NOSi. The van der Waals surface area contributed by atoms with Crippen molar-refractivity contribution in [1.29, 1.82) is 0 Å². The van der Waals surface area contributed by atoms with Crippen molar-refractivity contribution in [3.8, 4) is 0 Å². The first kappa shape index (κ1) is 21.5. The summed E-state index contributed by atoms with van der Waals surface area (Å²) >= 11 is 0. The third-order valence-corrected chi connectivity index (χ3v) is 8.24. The van der Waals surface area contributed by atoms with Crippen LogP contribution >= 0.6 is 0 Å². The second-order valence-corrected chi connectivity index (χ2v) is 12.9. The third-order valence-electron chi connectivity index (χ3n) is 5.69. The number of anilines is 1. The highest BCUT2D eigenvalue weighted by molar-refractivity contribution is 6.71. The summed E-state index contributed by atoms with van der Waals surface area (Å²) < 4.78 is 6.40. The van der Waals surface area contributed by atoms with Gasteiger partial charge in [-0.1, -0.05) is 76.5 Å². The highest BCUT2D eigenvalue weighted by atomic mass is 28.4. The smallest absolute Gasteiger partial charge is 0.186 e. The van der Waals surface area contributed by atoms with Crippen LogP contribution < -0.4 is 4.90 Å². The summed E-state index contributed by atoms with van der Waals surface area (Å²) in [6.45, 7) is 10.2. The van der Waals surface area contributed by atoms with Crippen LogP contribution in [-0.2, 0) is 10.8 Å². The van der Waals surface area contributed by atoms with E-state index in [0.29, 0.717) is 0 Å². The average Bonchev–Trinajstić information content (AvgIpc) is 2.64. The standard InChI is InChI=1S/C23H41NOSi/c1-4-5-6-7-8-9-10-13-21-26(2,3)25-20-19-24-18-14-16-22-15-11-12-17-23(22)24/h11-12,15,17H,4-10,13-14,16,18-21H2,1-3H3. The van der Waals surface area contributed by atoms with E-state index in [0.717, 1.165) is 13.2 Å². The van der Waals surface area contributed by atoms with E-state index in [9.17, 15) is 0 Å². The maximum absolute atomic E-state index is 6.40. The first-order valence-electron chi connectivity index (χ1n) is 11.1. The summed E-state index contributed by atoms with van der Waals surface area (Å²) in [4.78, 5) is 2.53. The lowest BCUT2D eigenvalue weighted by molar-refractivity contribution is 0.310. The van der Waals surface area contributed by atoms with Gasteiger partial charge in [0, 0.05) is 18.8 Å². The Hall–Kier alpha value is -0.803. The van der Waals surface area contributed by atoms with Crippen molar-refractivity contribution in [1.82, 2.24) is 0 Å². The number of hydrogen-bond donors (Lipinski definition) is 0. The first-order chi connectivity index (χ1) is 12.6. The predicted octanol–water partition coefficient (Wildman–Crippen LogP) is 6.80. The number of aryl methyl sites for hydroxylation is 1. The first-order valence-corrected chi connectivity index (χ1v) is 14.2. The molecule has 0 fully saturated rings. The summed E-state index contributed by atoms with van der Waals surface area (Å²) in [5.41, 5.74) is 2.94. The van der Waals surface area contributed by atoms with E-state index in [4.69, 9.17) is 4.43 Å². The van der Waals surface area contributed by atoms with E-state index in [-0.39, 0.29) is 0 Å². The molecule has 0 bridgehead atoms. The molecule has 0 atom stereocenters. The fourth-order valence-corrected chi connectivity index (χ4v) is 5.92. The lowest BCUT2D eigenvalue weighted by atomic mass is 10.0. The van der Waals surface area contributed by atoms with Crippen molar-refractivity contribution in [3.05, 3.63) is 29.8 Å². The fraction of sp³-hybridized carbons (Fsp3) is 0.739. The summed E-state index contributed by atoms with van der Waals surface area (Å²) in [5.74, 6) is 0. The van der Waals surface area contributed by atoms with Gasteiger partial charge in [0.25, 0.3) is 0 Å². The van der Waals surface area contributed by atoms with Crippen LogP contribution in [0.25, 0.3) is 0 Å². The van der Waals surface area contributed by atoms with Crippen LogP contribution in [0.15, 0.2) is 24.3 Å². The number of para-hydroxylation sites is 1. The highest BCUT2D eigenvalue weighted by Crippen LogP contribution is 2.26. The lowest BCUT2D eigenvalue weighted by Gasteiger charge is -2.32. The molecule has 0 saturated heterocycles. The Balaban J connectivity index is 1.58. The van der Waals surface area contributed by atoms with Gasteiger partial charge in [0.1, 0.15) is 0 Å². The monoisotopic (exact) mass is 375 g/mol. The maximum atomic E-state index is 6.40. The number of hydrogen-bond acceptors (Lipinski definition) is 2. The molecule has 0 N–H and O–H groups in total. The van der Waals surface area contributed by atoms with Crippen LogP contribution in [0.5, 0.6) is 0 Å². The minimum Gasteiger partial charge on any atom is -0.416 e. The van der Waals surface area contributed by atoms with Crippen molar-refractivity contribution in [2.45, 2.75) is 90.3 Å². The molecule has 0 amide bonds. The molecular weight excluding hydrogens is 334 g/mol. The number of benzene rings is 1. The number of rotatable bonds is 13. The Morgan fingerprint density at radius 1 is 0.962 bits per heavy atom. The van der Waals surface area contributed by atoms with Gasteiger partial charge in [0.05, 0.1) is 6.61 Å². The molecule has 1 aliphatic heterocycles. The molecule has 148 valence electrons. The van der Waals surface area contributed by atoms with Gasteiger partial charge in [-0.2, -0.15) is 0 Å². The lowest BCUT2D eigenvalue weighted by Crippen LogP contribution is -2.37. The zero-order chi connectivity index (χ0) is 18.7. The molecule has 0 unspecified atom stereocenters. The van der Waals surface area contributed by atoms with E-state index < -0.39 is 8.32 Å². The second-order valence-electron chi connectivity index (χ2n) is 8.55. The molecule has 0 saturated carbocycles. The predicted molar refractivity (Wildman–Crippen MR) is 118 cm³/mol. The van der Waals surface area contributed by atoms with Gasteiger partial charge in [0.2, 0.25) is 0 Å². The molecule has 1 heterocycles. The Kier molecular flexibility index (Phi) is 9.77. The van der Waals surface area contributed by atoms with Gasteiger partial charge in [-0.15, -0.1) is 0 Å². The van der Waals surface area contributed by atoms with Gasteiger partial charge in [-0.05, 0) is 43.6 Å². The third kappa shape index (κ3) is 7.83. The molecule has 0 radical (unpaired) electrons. The molecule has 1 aromatic rings. The summed E-state index contributed by atoms with van der Waals surface area (Å²) in [6.07, 6.45) is 13.7. The van der Waals surface area contributed by atoms with Crippen LogP contribution in [0.3, 0.4) is 0 Å². The highest BCUT2D eigenvalue weighted by Gasteiger charge is 2.22. The molecule has 0 aliphatic carbocycles. The van der Waals surface area contributed by atoms with Crippen molar-refractivity contribution >= 4 is 14.0 Å². The molecule has 3 heteroatoms. The Labute approximate surface area is 163 Å². The van der Waals surface area contributed by atoms with Crippen LogP contribution in [0.1, 0.15) is 70.3 Å². The zero-order valence-electron chi connectivity index (χ0n) is 17.6. The summed E-state index contributed by atoms with van der Waals surface area (Å²) in [7, 11) is -1.49. The molecule has 1 aromatic carbocycles. The Bertz CT molecular complexity index is 503. The van der Waals surface area contributed by atoms with Gasteiger partial charge in [-0.3, -0.25) is 0 Å². The van der Waals surface area contributed by atoms with Gasteiger partial charge < -0.3 is 9.33 Å². The van der Waals surface area contributed by atoms with Crippen molar-refractivity contribution in [2.24, 2.45) is 0 Å². The van der Waals surface area contributed by atoms with E-state index >= 15 is 0 Å². The van der Waals surface area contributed by atoms with Gasteiger partial charge >= 0.3 is 0 Å². The number of fused-ring (bicyclic) bond motifs is 1. The van der Waals surface area contributed by atoms with E-state index in [1.54, 1.807) is 0 Å². The van der Waals surface area contributed by atoms with Crippen molar-refractivity contribution in [2.75, 3.05) is 24.6 Å². The van der Waals surface area contributed by atoms with Crippen LogP contribution in [0.2, 0.25) is 19.1 Å². The maximum Gasteiger partial charge on any atom is 0.186 e. The molecule has 0 aromatic heterocycles. The van der Waals surface area contributed by atoms with E-state index in [1.807, 2.05) is 0 Å². The van der Waals surface area contributed by atoms with E-state index in [2.05, 4.69) is 49.2 Å². The molecule has 0 spiro atoms. The van der Waals surface area contributed by atoms with Crippen molar-refractivity contribution in [3.63, 3.8) is 0 Å². The SMILES string of the molecule is CCCCCCCCCC[Si](C)(C)OCCN1CCCc2ccccc21. The molecule has 2 rings (SSSR count). The van der Waals surface area contributed by atoms with Gasteiger partial charge in [-0.25, -0.2) is 0 Å². The van der Waals surface area contributed by atoms with E-state index in [1.165, 1.54) is 88.0 Å². The Morgan fingerprint density at radius 3 is 2.42 bits per heavy atom. The number of unbranched alkanes of at least 4 members (excludes halogenated alkanes) is 7. The normalized spacial score (nSPS) is 14.5. The molecule has 26 heavy (non-hydrogen) atoms. The number of nitrogens with zero attached hydrogens (tertiary/aromatic N) is 1. The molecule has 2 nitrogen and oxygen atoms in total. The fourth-order valence-electron chi connectivity index (χ4n) is 4.03. The van der Waals surface area contributed by atoms with Crippen LogP contribution in [0.4, 0.5) is 5.69 Å². The average molecular weight is 376 g/mol. The topological polar surface area (TPSA) is 12.5 Å². The van der Waals surface area contributed by atoms with Crippen LogP contribution in [0, 0.1) is 0 Å². The second kappa shape index (κ2) is 11.8. The molecule has 1 aliphatic rings. The summed E-state index contributed by atoms with van der Waals surface area (Å²) in [5, 5.41) is 0. The summed E-state index contributed by atoms with van der Waals surface area (Å²) in [6, 6.07) is 10.2.